The maximum absolute atomic E-state index is 5.22. The van der Waals surface area contributed by atoms with Gasteiger partial charge in [-0.2, -0.15) is 0 Å². The highest BCUT2D eigenvalue weighted by Crippen LogP contribution is 2.47. The Labute approximate surface area is 297 Å². The van der Waals surface area contributed by atoms with Gasteiger partial charge in [-0.15, -0.1) is 12.6 Å². The first-order valence-electron chi connectivity index (χ1n) is 17.2. The summed E-state index contributed by atoms with van der Waals surface area (Å²) in [4.78, 5) is 0.991. The van der Waals surface area contributed by atoms with Gasteiger partial charge in [0.05, 0.1) is 0 Å². The van der Waals surface area contributed by atoms with Crippen LogP contribution in [0.5, 0.6) is 0 Å². The molecule has 0 aliphatic heterocycles. The first kappa shape index (κ1) is 29.1. The maximum Gasteiger partial charge on any atom is 0.0197 e. The average Bonchev–Trinajstić information content (AvgIpc) is 3.18. The number of thiol groups is 1. The minimum absolute atomic E-state index is 0.991. The third-order valence-corrected chi connectivity index (χ3v) is 11.2. The molecule has 10 rings (SSSR count). The number of fused-ring (bicyclic) bond motifs is 6. The van der Waals surface area contributed by atoms with Crippen molar-refractivity contribution in [3.05, 3.63) is 175 Å². The topological polar surface area (TPSA) is 0 Å². The van der Waals surface area contributed by atoms with Crippen LogP contribution in [0.3, 0.4) is 0 Å². The number of benzene rings is 10. The first-order chi connectivity index (χ1) is 24.7. The molecule has 0 spiro atoms. The van der Waals surface area contributed by atoms with Gasteiger partial charge in [0, 0.05) is 4.90 Å². The van der Waals surface area contributed by atoms with Crippen LogP contribution in [-0.4, -0.2) is 0 Å². The van der Waals surface area contributed by atoms with Crippen molar-refractivity contribution in [1.82, 2.24) is 0 Å². The minimum Gasteiger partial charge on any atom is -0.142 e. The van der Waals surface area contributed by atoms with E-state index in [0.29, 0.717) is 0 Å². The van der Waals surface area contributed by atoms with Crippen LogP contribution in [0, 0.1) is 6.92 Å². The van der Waals surface area contributed by atoms with Crippen LogP contribution in [-0.2, 0) is 0 Å². The van der Waals surface area contributed by atoms with E-state index in [0.717, 1.165) is 21.6 Å². The SMILES string of the molecule is Cc1c(-c2ccccc2)cccc1-c1cccc(-c2cccc(-c3cc4c5ccccc5c5cccc6c7ccccc7c(c3)c4c56)c2)c1S. The fourth-order valence-electron chi connectivity index (χ4n) is 8.40. The fraction of sp³-hybridized carbons (Fsp3) is 0.0204. The van der Waals surface area contributed by atoms with E-state index in [1.54, 1.807) is 0 Å². The molecule has 0 nitrogen and oxygen atoms in total. The summed E-state index contributed by atoms with van der Waals surface area (Å²) >= 11 is 5.22. The smallest absolute Gasteiger partial charge is 0.0197 e. The predicted molar refractivity (Wildman–Crippen MR) is 219 cm³/mol. The van der Waals surface area contributed by atoms with Gasteiger partial charge in [-0.05, 0) is 129 Å². The quantitative estimate of drug-likeness (QED) is 0.109. The summed E-state index contributed by atoms with van der Waals surface area (Å²) in [5, 5.41) is 13.2. The van der Waals surface area contributed by atoms with Crippen LogP contribution in [0.25, 0.3) is 98.4 Å². The van der Waals surface area contributed by atoms with Crippen molar-refractivity contribution >= 4 is 66.5 Å². The zero-order valence-corrected chi connectivity index (χ0v) is 28.5. The van der Waals surface area contributed by atoms with Crippen molar-refractivity contribution < 1.29 is 0 Å². The molecule has 0 radical (unpaired) electrons. The van der Waals surface area contributed by atoms with E-state index in [4.69, 9.17) is 12.6 Å². The molecule has 50 heavy (non-hydrogen) atoms. The highest BCUT2D eigenvalue weighted by Gasteiger charge is 2.19. The van der Waals surface area contributed by atoms with Gasteiger partial charge in [-0.1, -0.05) is 152 Å². The van der Waals surface area contributed by atoms with Crippen molar-refractivity contribution in [1.29, 1.82) is 0 Å². The van der Waals surface area contributed by atoms with E-state index < -0.39 is 0 Å². The molecule has 0 aliphatic rings. The second-order valence-electron chi connectivity index (χ2n) is 13.4. The van der Waals surface area contributed by atoms with E-state index >= 15 is 0 Å². The molecule has 0 saturated heterocycles. The number of hydrogen-bond acceptors (Lipinski definition) is 1. The van der Waals surface area contributed by atoms with Gasteiger partial charge < -0.3 is 0 Å². The zero-order valence-electron chi connectivity index (χ0n) is 27.6. The Hall–Kier alpha value is -5.89. The summed E-state index contributed by atoms with van der Waals surface area (Å²) in [5.74, 6) is 0. The van der Waals surface area contributed by atoms with Crippen molar-refractivity contribution in [2.45, 2.75) is 11.8 Å². The monoisotopic (exact) mass is 652 g/mol. The molecule has 0 aliphatic carbocycles. The molecule has 0 fully saturated rings. The average molecular weight is 653 g/mol. The summed E-state index contributed by atoms with van der Waals surface area (Å²) in [6.07, 6.45) is 0. The summed E-state index contributed by atoms with van der Waals surface area (Å²) in [6.45, 7) is 2.22. The van der Waals surface area contributed by atoms with Crippen molar-refractivity contribution in [3.8, 4) is 44.5 Å². The molecule has 0 saturated carbocycles. The second kappa shape index (κ2) is 11.3. The summed E-state index contributed by atoms with van der Waals surface area (Å²) < 4.78 is 0. The van der Waals surface area contributed by atoms with Crippen molar-refractivity contribution in [3.63, 3.8) is 0 Å². The first-order valence-corrected chi connectivity index (χ1v) is 17.7. The molecule has 0 heterocycles. The Morgan fingerprint density at radius 2 is 0.740 bits per heavy atom. The van der Waals surface area contributed by atoms with E-state index in [2.05, 4.69) is 177 Å². The Balaban J connectivity index is 1.18. The van der Waals surface area contributed by atoms with E-state index in [-0.39, 0.29) is 0 Å². The predicted octanol–water partition coefficient (Wildman–Crippen LogP) is 14.2. The standard InChI is InChI=1S/C49H32S/c1-30-35(31-13-3-2-4-14-31)21-10-22-36(30)44-26-11-23-37(49(44)50)33-16-9-15-32(27-33)34-28-45-40-19-7-5-17-38(40)42-24-12-25-43-39-18-6-8-20-41(39)46(29-34)48(45)47(42)43/h2-29,50H,1H3. The number of rotatable bonds is 4. The van der Waals surface area contributed by atoms with Gasteiger partial charge in [0.15, 0.2) is 0 Å². The normalized spacial score (nSPS) is 11.8. The van der Waals surface area contributed by atoms with Crippen LogP contribution in [0.15, 0.2) is 175 Å². The summed E-state index contributed by atoms with van der Waals surface area (Å²) in [7, 11) is 0. The largest absolute Gasteiger partial charge is 0.142 e. The minimum atomic E-state index is 0.991. The Kier molecular flexibility index (Phi) is 6.59. The molecule has 0 unspecified atom stereocenters. The molecule has 0 atom stereocenters. The van der Waals surface area contributed by atoms with Gasteiger partial charge in [-0.3, -0.25) is 0 Å². The van der Waals surface area contributed by atoms with Gasteiger partial charge >= 0.3 is 0 Å². The van der Waals surface area contributed by atoms with Crippen LogP contribution < -0.4 is 0 Å². The second-order valence-corrected chi connectivity index (χ2v) is 13.8. The van der Waals surface area contributed by atoms with Crippen LogP contribution in [0.2, 0.25) is 0 Å². The molecule has 0 bridgehead atoms. The van der Waals surface area contributed by atoms with Crippen molar-refractivity contribution in [2.24, 2.45) is 0 Å². The molecule has 234 valence electrons. The highest BCUT2D eigenvalue weighted by molar-refractivity contribution is 7.80. The van der Waals surface area contributed by atoms with Crippen molar-refractivity contribution in [2.75, 3.05) is 0 Å². The maximum atomic E-state index is 5.22. The Morgan fingerprint density at radius 1 is 0.300 bits per heavy atom. The lowest BCUT2D eigenvalue weighted by molar-refractivity contribution is 1.39. The van der Waals surface area contributed by atoms with E-state index in [1.165, 1.54) is 87.2 Å². The van der Waals surface area contributed by atoms with Crippen LogP contribution in [0.1, 0.15) is 5.56 Å². The zero-order chi connectivity index (χ0) is 33.3. The number of hydrogen-bond donors (Lipinski definition) is 1. The lowest BCUT2D eigenvalue weighted by atomic mass is 9.84. The molecule has 10 aromatic rings. The summed E-state index contributed by atoms with van der Waals surface area (Å²) in [6, 6.07) is 62.2. The lowest BCUT2D eigenvalue weighted by Gasteiger charge is -2.19. The van der Waals surface area contributed by atoms with Gasteiger partial charge in [0.1, 0.15) is 0 Å². The van der Waals surface area contributed by atoms with Crippen LogP contribution in [0.4, 0.5) is 0 Å². The molecule has 1 heteroatoms. The molecule has 10 aromatic carbocycles. The molecular weight excluding hydrogens is 621 g/mol. The Morgan fingerprint density at radius 3 is 1.40 bits per heavy atom. The van der Waals surface area contributed by atoms with Crippen LogP contribution >= 0.6 is 12.6 Å². The third-order valence-electron chi connectivity index (χ3n) is 10.7. The van der Waals surface area contributed by atoms with E-state index in [9.17, 15) is 0 Å². The molecule has 0 aromatic heterocycles. The van der Waals surface area contributed by atoms with Gasteiger partial charge in [0.2, 0.25) is 0 Å². The Bertz CT molecular complexity index is 2830. The van der Waals surface area contributed by atoms with E-state index in [1.807, 2.05) is 0 Å². The molecule has 0 N–H and O–H groups in total. The molecule has 0 amide bonds. The van der Waals surface area contributed by atoms with Gasteiger partial charge in [0.25, 0.3) is 0 Å². The highest BCUT2D eigenvalue weighted by atomic mass is 32.1. The summed E-state index contributed by atoms with van der Waals surface area (Å²) in [5.41, 5.74) is 10.8. The molecular formula is C49H32S. The third kappa shape index (κ3) is 4.34. The van der Waals surface area contributed by atoms with Gasteiger partial charge in [-0.25, -0.2) is 0 Å². The fourth-order valence-corrected chi connectivity index (χ4v) is 8.80. The lowest BCUT2D eigenvalue weighted by Crippen LogP contribution is -1.92.